The van der Waals surface area contributed by atoms with Gasteiger partial charge in [-0.1, -0.05) is 42.5 Å². The fourth-order valence-electron chi connectivity index (χ4n) is 2.44. The van der Waals surface area contributed by atoms with Gasteiger partial charge in [0.25, 0.3) is 5.91 Å². The molecule has 3 heteroatoms. The third kappa shape index (κ3) is 4.59. The highest BCUT2D eigenvalue weighted by atomic mass is 16.5. The Morgan fingerprint density at radius 3 is 2.39 bits per heavy atom. The molecule has 0 fully saturated rings. The number of carbonyl (C=O) groups excluding carboxylic acids is 1. The quantitative estimate of drug-likeness (QED) is 0.803. The maximum Gasteiger partial charge on any atom is 0.261 e. The first-order valence-electron chi connectivity index (χ1n) is 8.01. The normalized spacial score (nSPS) is 10.7. The molecule has 0 heterocycles. The largest absolute Gasteiger partial charge is 0.483 e. The predicted molar refractivity (Wildman–Crippen MR) is 93.5 cm³/mol. The number of aryl methyl sites for hydroxylation is 1. The molecule has 0 aliphatic heterocycles. The average Bonchev–Trinajstić information content (AvgIpc) is 2.54. The second-order valence-electron chi connectivity index (χ2n) is 6.09. The number of amides is 1. The number of hydrogen-bond acceptors (Lipinski definition) is 2. The molecule has 122 valence electrons. The second-order valence-corrected chi connectivity index (χ2v) is 6.09. The van der Waals surface area contributed by atoms with Gasteiger partial charge in [-0.2, -0.15) is 0 Å². The van der Waals surface area contributed by atoms with Crippen molar-refractivity contribution in [2.45, 2.75) is 40.3 Å². The van der Waals surface area contributed by atoms with Crippen LogP contribution < -0.4 is 4.74 Å². The van der Waals surface area contributed by atoms with Crippen LogP contribution in [0.1, 0.15) is 30.5 Å². The molecule has 0 unspecified atom stereocenters. The van der Waals surface area contributed by atoms with E-state index >= 15 is 0 Å². The molecule has 0 aliphatic carbocycles. The molecule has 0 spiro atoms. The Morgan fingerprint density at radius 2 is 1.74 bits per heavy atom. The number of hydrogen-bond donors (Lipinski definition) is 0. The van der Waals surface area contributed by atoms with Crippen LogP contribution >= 0.6 is 0 Å². The molecule has 0 saturated heterocycles. The molecule has 0 radical (unpaired) electrons. The van der Waals surface area contributed by atoms with E-state index in [0.29, 0.717) is 6.54 Å². The van der Waals surface area contributed by atoms with Gasteiger partial charge in [0.05, 0.1) is 0 Å². The predicted octanol–water partition coefficient (Wildman–Crippen LogP) is 4.12. The van der Waals surface area contributed by atoms with Gasteiger partial charge >= 0.3 is 0 Å². The molecule has 2 aromatic carbocycles. The Balaban J connectivity index is 2.02. The smallest absolute Gasteiger partial charge is 0.261 e. The summed E-state index contributed by atoms with van der Waals surface area (Å²) in [6, 6.07) is 16.1. The summed E-state index contributed by atoms with van der Waals surface area (Å²) in [5, 5.41) is 0. The molecular formula is C20H25NO2. The van der Waals surface area contributed by atoms with Crippen molar-refractivity contribution in [2.24, 2.45) is 0 Å². The van der Waals surface area contributed by atoms with Gasteiger partial charge in [-0.15, -0.1) is 0 Å². The number of nitrogens with zero attached hydrogens (tertiary/aromatic N) is 1. The van der Waals surface area contributed by atoms with Crippen molar-refractivity contribution in [3.63, 3.8) is 0 Å². The van der Waals surface area contributed by atoms with Crippen LogP contribution in [0.15, 0.2) is 48.5 Å². The Morgan fingerprint density at radius 1 is 1.04 bits per heavy atom. The summed E-state index contributed by atoms with van der Waals surface area (Å²) in [7, 11) is 0. The molecule has 0 aliphatic rings. The van der Waals surface area contributed by atoms with E-state index in [0.717, 1.165) is 16.9 Å². The van der Waals surface area contributed by atoms with E-state index in [4.69, 9.17) is 4.74 Å². The maximum absolute atomic E-state index is 12.6. The van der Waals surface area contributed by atoms with E-state index in [-0.39, 0.29) is 18.6 Å². The van der Waals surface area contributed by atoms with Crippen molar-refractivity contribution >= 4 is 5.91 Å². The topological polar surface area (TPSA) is 29.5 Å². The third-order valence-electron chi connectivity index (χ3n) is 4.05. The molecule has 2 aromatic rings. The lowest BCUT2D eigenvalue weighted by Crippen LogP contribution is -2.39. The zero-order chi connectivity index (χ0) is 16.8. The fraction of sp³-hybridized carbons (Fsp3) is 0.350. The molecule has 0 aromatic heterocycles. The minimum atomic E-state index is 0.00441. The van der Waals surface area contributed by atoms with E-state index in [2.05, 4.69) is 0 Å². The van der Waals surface area contributed by atoms with Crippen molar-refractivity contribution in [2.75, 3.05) is 6.61 Å². The Labute approximate surface area is 138 Å². The van der Waals surface area contributed by atoms with Crippen LogP contribution in [0.3, 0.4) is 0 Å². The average molecular weight is 311 g/mol. The van der Waals surface area contributed by atoms with Gasteiger partial charge in [0.15, 0.2) is 6.61 Å². The van der Waals surface area contributed by atoms with E-state index in [1.54, 1.807) is 0 Å². The summed E-state index contributed by atoms with van der Waals surface area (Å²) in [6.45, 7) is 8.78. The second kappa shape index (κ2) is 7.82. The van der Waals surface area contributed by atoms with Gasteiger partial charge in [-0.05, 0) is 50.5 Å². The van der Waals surface area contributed by atoms with Gasteiger partial charge in [-0.3, -0.25) is 4.79 Å². The van der Waals surface area contributed by atoms with Crippen LogP contribution in [0.4, 0.5) is 0 Å². The molecule has 0 bridgehead atoms. The maximum atomic E-state index is 12.6. The van der Waals surface area contributed by atoms with Crippen molar-refractivity contribution < 1.29 is 9.53 Å². The molecule has 0 N–H and O–H groups in total. The highest BCUT2D eigenvalue weighted by Gasteiger charge is 2.18. The van der Waals surface area contributed by atoms with Crippen molar-refractivity contribution in [3.8, 4) is 5.75 Å². The van der Waals surface area contributed by atoms with E-state index in [1.807, 2.05) is 81.1 Å². The monoisotopic (exact) mass is 311 g/mol. The molecule has 23 heavy (non-hydrogen) atoms. The Bertz CT molecular complexity index is 650. The van der Waals surface area contributed by atoms with Gasteiger partial charge in [-0.25, -0.2) is 0 Å². The van der Waals surface area contributed by atoms with Crippen molar-refractivity contribution in [1.29, 1.82) is 0 Å². The molecular weight excluding hydrogens is 286 g/mol. The zero-order valence-electron chi connectivity index (χ0n) is 14.4. The Kier molecular flexibility index (Phi) is 5.80. The zero-order valence-corrected chi connectivity index (χ0v) is 14.4. The van der Waals surface area contributed by atoms with Crippen LogP contribution in [-0.4, -0.2) is 23.5 Å². The summed E-state index contributed by atoms with van der Waals surface area (Å²) in [5.41, 5.74) is 3.38. The first kappa shape index (κ1) is 17.1. The SMILES string of the molecule is Cc1cccc(OCC(=O)N(Cc2ccccc2)C(C)C)c1C. The van der Waals surface area contributed by atoms with Crippen molar-refractivity contribution in [1.82, 2.24) is 4.90 Å². The number of rotatable bonds is 6. The molecule has 1 amide bonds. The standard InChI is InChI=1S/C20H25NO2/c1-15(2)21(13-18-10-6-5-7-11-18)20(22)14-23-19-12-8-9-16(3)17(19)4/h5-12,15H,13-14H2,1-4H3. The van der Waals surface area contributed by atoms with Gasteiger partial charge in [0.2, 0.25) is 0 Å². The molecule has 2 rings (SSSR count). The highest BCUT2D eigenvalue weighted by molar-refractivity contribution is 5.78. The van der Waals surface area contributed by atoms with E-state index < -0.39 is 0 Å². The molecule has 3 nitrogen and oxygen atoms in total. The molecule has 0 atom stereocenters. The first-order chi connectivity index (χ1) is 11.0. The van der Waals surface area contributed by atoms with Crippen molar-refractivity contribution in [3.05, 3.63) is 65.2 Å². The lowest BCUT2D eigenvalue weighted by Gasteiger charge is -2.27. The third-order valence-corrected chi connectivity index (χ3v) is 4.05. The molecule has 0 saturated carbocycles. The number of ether oxygens (including phenoxy) is 1. The number of benzene rings is 2. The number of carbonyl (C=O) groups is 1. The van der Waals surface area contributed by atoms with Crippen LogP contribution in [0.5, 0.6) is 5.75 Å². The fourth-order valence-corrected chi connectivity index (χ4v) is 2.44. The van der Waals surface area contributed by atoms with Crippen LogP contribution in [0, 0.1) is 13.8 Å². The summed E-state index contributed by atoms with van der Waals surface area (Å²) in [6.07, 6.45) is 0. The summed E-state index contributed by atoms with van der Waals surface area (Å²) in [5.74, 6) is 0.784. The lowest BCUT2D eigenvalue weighted by molar-refractivity contribution is -0.135. The van der Waals surface area contributed by atoms with Gasteiger partial charge in [0.1, 0.15) is 5.75 Å². The van der Waals surface area contributed by atoms with E-state index in [1.165, 1.54) is 5.56 Å². The summed E-state index contributed by atoms with van der Waals surface area (Å²) in [4.78, 5) is 14.4. The van der Waals surface area contributed by atoms with Gasteiger partial charge in [0, 0.05) is 12.6 Å². The highest BCUT2D eigenvalue weighted by Crippen LogP contribution is 2.20. The first-order valence-corrected chi connectivity index (χ1v) is 8.01. The summed E-state index contributed by atoms with van der Waals surface area (Å²) >= 11 is 0. The van der Waals surface area contributed by atoms with E-state index in [9.17, 15) is 4.79 Å². The Hall–Kier alpha value is -2.29. The lowest BCUT2D eigenvalue weighted by atomic mass is 10.1. The van der Waals surface area contributed by atoms with Crippen LogP contribution in [0.2, 0.25) is 0 Å². The summed E-state index contributed by atoms with van der Waals surface area (Å²) < 4.78 is 5.76. The minimum absolute atomic E-state index is 0.00441. The van der Waals surface area contributed by atoms with Crippen LogP contribution in [0.25, 0.3) is 0 Å². The van der Waals surface area contributed by atoms with Gasteiger partial charge < -0.3 is 9.64 Å². The van der Waals surface area contributed by atoms with Crippen LogP contribution in [-0.2, 0) is 11.3 Å². The minimum Gasteiger partial charge on any atom is -0.483 e.